The van der Waals surface area contributed by atoms with Crippen LogP contribution in [0.25, 0.3) is 0 Å². The SMILES string of the molecule is CCNC(=NCCN(C(C)C)C1CC1)N1CCN(c2ncccn2)CC1.I. The molecule has 1 aliphatic carbocycles. The Morgan fingerprint density at radius 3 is 2.44 bits per heavy atom. The summed E-state index contributed by atoms with van der Waals surface area (Å²) in [6.45, 7) is 13.3. The molecule has 1 N–H and O–H groups in total. The molecule has 1 aromatic heterocycles. The maximum atomic E-state index is 4.91. The molecule has 0 amide bonds. The first kappa shape index (κ1) is 22.1. The lowest BCUT2D eigenvalue weighted by Crippen LogP contribution is -2.53. The van der Waals surface area contributed by atoms with E-state index in [0.717, 1.165) is 63.8 Å². The van der Waals surface area contributed by atoms with Gasteiger partial charge in [0.15, 0.2) is 5.96 Å². The van der Waals surface area contributed by atoms with Gasteiger partial charge in [0.1, 0.15) is 0 Å². The molecule has 27 heavy (non-hydrogen) atoms. The Morgan fingerprint density at radius 2 is 1.89 bits per heavy atom. The topological polar surface area (TPSA) is 59.9 Å². The summed E-state index contributed by atoms with van der Waals surface area (Å²) in [5.41, 5.74) is 0. The minimum Gasteiger partial charge on any atom is -0.357 e. The summed E-state index contributed by atoms with van der Waals surface area (Å²) in [5, 5.41) is 3.46. The summed E-state index contributed by atoms with van der Waals surface area (Å²) in [5.74, 6) is 1.87. The smallest absolute Gasteiger partial charge is 0.225 e. The fourth-order valence-electron chi connectivity index (χ4n) is 3.54. The van der Waals surface area contributed by atoms with Gasteiger partial charge < -0.3 is 15.1 Å². The summed E-state index contributed by atoms with van der Waals surface area (Å²) in [4.78, 5) is 20.8. The molecular formula is C19H34IN7. The van der Waals surface area contributed by atoms with Gasteiger partial charge in [0.05, 0.1) is 6.54 Å². The molecular weight excluding hydrogens is 453 g/mol. The molecule has 0 bridgehead atoms. The second kappa shape index (κ2) is 11.0. The Kier molecular flexibility index (Phi) is 9.01. The van der Waals surface area contributed by atoms with E-state index in [9.17, 15) is 0 Å². The van der Waals surface area contributed by atoms with Crippen molar-refractivity contribution in [2.75, 3.05) is 50.7 Å². The standard InChI is InChI=1S/C19H33N7.HI/c1-4-20-18(23-10-11-26(16(2)3)17-6-7-17)24-12-14-25(15-13-24)19-21-8-5-9-22-19;/h5,8-9,16-17H,4,6-7,10-15H2,1-3H3,(H,20,23);1H. The lowest BCUT2D eigenvalue weighted by Gasteiger charge is -2.36. The quantitative estimate of drug-likeness (QED) is 0.361. The van der Waals surface area contributed by atoms with Crippen LogP contribution in [0.5, 0.6) is 0 Å². The maximum Gasteiger partial charge on any atom is 0.225 e. The molecule has 0 unspecified atom stereocenters. The zero-order valence-corrected chi connectivity index (χ0v) is 19.2. The summed E-state index contributed by atoms with van der Waals surface area (Å²) in [6.07, 6.45) is 6.32. The van der Waals surface area contributed by atoms with Crippen LogP contribution in [0.1, 0.15) is 33.6 Å². The Hall–Kier alpha value is -1.16. The number of piperazine rings is 1. The summed E-state index contributed by atoms with van der Waals surface area (Å²) in [6, 6.07) is 3.26. The highest BCUT2D eigenvalue weighted by molar-refractivity contribution is 14.0. The molecule has 3 rings (SSSR count). The molecule has 0 spiro atoms. The van der Waals surface area contributed by atoms with E-state index in [4.69, 9.17) is 4.99 Å². The van der Waals surface area contributed by atoms with E-state index >= 15 is 0 Å². The zero-order valence-electron chi connectivity index (χ0n) is 16.8. The van der Waals surface area contributed by atoms with E-state index in [1.807, 2.05) is 6.07 Å². The van der Waals surface area contributed by atoms with Gasteiger partial charge in [-0.3, -0.25) is 9.89 Å². The van der Waals surface area contributed by atoms with Crippen molar-refractivity contribution in [3.8, 4) is 0 Å². The van der Waals surface area contributed by atoms with Crippen LogP contribution in [0.2, 0.25) is 0 Å². The monoisotopic (exact) mass is 487 g/mol. The molecule has 0 radical (unpaired) electrons. The molecule has 2 heterocycles. The molecule has 0 aromatic carbocycles. The van der Waals surface area contributed by atoms with Gasteiger partial charge in [0, 0.05) is 63.7 Å². The first-order valence-electron chi connectivity index (χ1n) is 10.00. The largest absolute Gasteiger partial charge is 0.357 e. The number of hydrogen-bond acceptors (Lipinski definition) is 5. The fourth-order valence-corrected chi connectivity index (χ4v) is 3.54. The van der Waals surface area contributed by atoms with E-state index < -0.39 is 0 Å². The Bertz CT molecular complexity index is 567. The predicted molar refractivity (Wildman–Crippen MR) is 122 cm³/mol. The van der Waals surface area contributed by atoms with Gasteiger partial charge in [-0.1, -0.05) is 0 Å². The average molecular weight is 487 g/mol. The van der Waals surface area contributed by atoms with Crippen molar-refractivity contribution in [2.24, 2.45) is 4.99 Å². The van der Waals surface area contributed by atoms with Crippen LogP contribution in [0.4, 0.5) is 5.95 Å². The van der Waals surface area contributed by atoms with Crippen molar-refractivity contribution in [3.05, 3.63) is 18.5 Å². The minimum absolute atomic E-state index is 0. The summed E-state index contributed by atoms with van der Waals surface area (Å²) < 4.78 is 0. The number of aliphatic imine (C=N–C) groups is 1. The number of guanidine groups is 1. The number of halogens is 1. The van der Waals surface area contributed by atoms with Gasteiger partial charge in [-0.2, -0.15) is 0 Å². The van der Waals surface area contributed by atoms with Gasteiger partial charge in [-0.25, -0.2) is 9.97 Å². The highest BCUT2D eigenvalue weighted by Crippen LogP contribution is 2.28. The summed E-state index contributed by atoms with van der Waals surface area (Å²) >= 11 is 0. The van der Waals surface area contributed by atoms with Crippen molar-refractivity contribution in [2.45, 2.75) is 45.7 Å². The molecule has 7 nitrogen and oxygen atoms in total. The molecule has 152 valence electrons. The highest BCUT2D eigenvalue weighted by Gasteiger charge is 2.30. The van der Waals surface area contributed by atoms with Crippen molar-refractivity contribution in [1.29, 1.82) is 0 Å². The molecule has 1 saturated heterocycles. The minimum atomic E-state index is 0. The number of aromatic nitrogens is 2. The maximum absolute atomic E-state index is 4.91. The highest BCUT2D eigenvalue weighted by atomic mass is 127. The number of rotatable bonds is 7. The van der Waals surface area contributed by atoms with Crippen molar-refractivity contribution in [3.63, 3.8) is 0 Å². The van der Waals surface area contributed by atoms with Crippen LogP contribution in [0.15, 0.2) is 23.5 Å². The van der Waals surface area contributed by atoms with Crippen LogP contribution in [0.3, 0.4) is 0 Å². The van der Waals surface area contributed by atoms with Crippen molar-refractivity contribution in [1.82, 2.24) is 25.1 Å². The van der Waals surface area contributed by atoms with Crippen LogP contribution in [-0.2, 0) is 0 Å². The van der Waals surface area contributed by atoms with E-state index in [-0.39, 0.29) is 24.0 Å². The van der Waals surface area contributed by atoms with Gasteiger partial charge in [-0.15, -0.1) is 24.0 Å². The van der Waals surface area contributed by atoms with Crippen molar-refractivity contribution < 1.29 is 0 Å². The zero-order chi connectivity index (χ0) is 18.4. The van der Waals surface area contributed by atoms with Crippen LogP contribution >= 0.6 is 24.0 Å². The lowest BCUT2D eigenvalue weighted by atomic mass is 10.3. The molecule has 1 aromatic rings. The normalized spacial score (nSPS) is 18.0. The molecule has 2 aliphatic rings. The van der Waals surface area contributed by atoms with Crippen LogP contribution in [0, 0.1) is 0 Å². The molecule has 1 saturated carbocycles. The third-order valence-corrected chi connectivity index (χ3v) is 5.05. The van der Waals surface area contributed by atoms with E-state index in [0.29, 0.717) is 6.04 Å². The van der Waals surface area contributed by atoms with Crippen LogP contribution < -0.4 is 10.2 Å². The first-order valence-corrected chi connectivity index (χ1v) is 10.00. The number of anilines is 1. The predicted octanol–water partition coefficient (Wildman–Crippen LogP) is 2.05. The molecule has 1 aliphatic heterocycles. The van der Waals surface area contributed by atoms with Gasteiger partial charge in [-0.05, 0) is 39.7 Å². The second-order valence-corrected chi connectivity index (χ2v) is 7.32. The van der Waals surface area contributed by atoms with Gasteiger partial charge in [0.25, 0.3) is 0 Å². The molecule has 0 atom stereocenters. The lowest BCUT2D eigenvalue weighted by molar-refractivity contribution is 0.217. The van der Waals surface area contributed by atoms with Crippen molar-refractivity contribution >= 4 is 35.9 Å². The average Bonchev–Trinajstić information content (AvgIpc) is 3.50. The van der Waals surface area contributed by atoms with E-state index in [1.54, 1.807) is 12.4 Å². The third kappa shape index (κ3) is 6.44. The number of nitrogens with one attached hydrogen (secondary N) is 1. The summed E-state index contributed by atoms with van der Waals surface area (Å²) in [7, 11) is 0. The number of hydrogen-bond donors (Lipinski definition) is 1. The third-order valence-electron chi connectivity index (χ3n) is 5.05. The second-order valence-electron chi connectivity index (χ2n) is 7.32. The fraction of sp³-hybridized carbons (Fsp3) is 0.737. The van der Waals surface area contributed by atoms with Gasteiger partial charge in [0.2, 0.25) is 5.95 Å². The number of nitrogens with zero attached hydrogens (tertiary/aromatic N) is 6. The van der Waals surface area contributed by atoms with Gasteiger partial charge >= 0.3 is 0 Å². The first-order chi connectivity index (χ1) is 12.7. The Morgan fingerprint density at radius 1 is 1.22 bits per heavy atom. The Balaban J connectivity index is 0.00000261. The molecule has 8 heteroatoms. The Labute approximate surface area is 180 Å². The molecule has 2 fully saturated rings. The van der Waals surface area contributed by atoms with E-state index in [2.05, 4.69) is 50.8 Å². The van der Waals surface area contributed by atoms with E-state index in [1.165, 1.54) is 12.8 Å². The van der Waals surface area contributed by atoms with Crippen LogP contribution in [-0.4, -0.2) is 83.6 Å².